The fraction of sp³-hybridized carbons (Fsp3) is 0.318. The third kappa shape index (κ3) is 5.73. The van der Waals surface area contributed by atoms with Crippen molar-refractivity contribution in [1.29, 1.82) is 0 Å². The normalized spacial score (nSPS) is 12.3. The lowest BCUT2D eigenvalue weighted by molar-refractivity contribution is 0.223. The summed E-state index contributed by atoms with van der Waals surface area (Å²) in [6.45, 7) is 5.17. The van der Waals surface area contributed by atoms with Gasteiger partial charge in [-0.25, -0.2) is 9.97 Å². The number of aliphatic imine (C=N–C) groups is 1. The van der Waals surface area contributed by atoms with Gasteiger partial charge in [-0.1, -0.05) is 12.1 Å². The van der Waals surface area contributed by atoms with Crippen LogP contribution in [-0.2, 0) is 6.54 Å². The maximum absolute atomic E-state index is 5.93. The molecule has 158 valence electrons. The van der Waals surface area contributed by atoms with E-state index in [4.69, 9.17) is 9.47 Å². The molecule has 0 saturated carbocycles. The van der Waals surface area contributed by atoms with Gasteiger partial charge in [0.1, 0.15) is 29.2 Å². The smallest absolute Gasteiger partial charge is 0.191 e. The fourth-order valence-corrected chi connectivity index (χ4v) is 2.88. The summed E-state index contributed by atoms with van der Waals surface area (Å²) in [6, 6.07) is 11.6. The Hall–Kier alpha value is -3.55. The predicted octanol–water partition coefficient (Wildman–Crippen LogP) is 2.72. The minimum atomic E-state index is -0.0463. The summed E-state index contributed by atoms with van der Waals surface area (Å²) in [7, 11) is 3.38. The lowest BCUT2D eigenvalue weighted by Crippen LogP contribution is -2.41. The van der Waals surface area contributed by atoms with Gasteiger partial charge >= 0.3 is 0 Å². The van der Waals surface area contributed by atoms with Crippen LogP contribution in [0.5, 0.6) is 11.5 Å². The SMILES string of the molecule is CN=C(NCc1ccc(-n2ccnc2C)nc1)NCC(C)Oc1cccc(OC)c1. The summed E-state index contributed by atoms with van der Waals surface area (Å²) < 4.78 is 13.1. The van der Waals surface area contributed by atoms with Crippen LogP contribution in [0.4, 0.5) is 0 Å². The molecule has 8 heteroatoms. The number of imidazole rings is 1. The van der Waals surface area contributed by atoms with Gasteiger partial charge in [-0.2, -0.15) is 0 Å². The van der Waals surface area contributed by atoms with Crippen molar-refractivity contribution in [3.05, 3.63) is 66.4 Å². The Bertz CT molecular complexity index is 968. The summed E-state index contributed by atoms with van der Waals surface area (Å²) in [5.41, 5.74) is 1.06. The first-order chi connectivity index (χ1) is 14.6. The van der Waals surface area contributed by atoms with Crippen molar-refractivity contribution in [3.8, 4) is 17.3 Å². The van der Waals surface area contributed by atoms with Crippen molar-refractivity contribution in [1.82, 2.24) is 25.2 Å². The highest BCUT2D eigenvalue weighted by Crippen LogP contribution is 2.19. The lowest BCUT2D eigenvalue weighted by atomic mass is 10.3. The number of nitrogens with zero attached hydrogens (tertiary/aromatic N) is 4. The highest BCUT2D eigenvalue weighted by molar-refractivity contribution is 5.79. The molecule has 0 aliphatic heterocycles. The van der Waals surface area contributed by atoms with Gasteiger partial charge in [0, 0.05) is 38.2 Å². The van der Waals surface area contributed by atoms with Crippen molar-refractivity contribution < 1.29 is 9.47 Å². The molecule has 0 aliphatic carbocycles. The first kappa shape index (κ1) is 21.2. The summed E-state index contributed by atoms with van der Waals surface area (Å²) in [4.78, 5) is 13.0. The average Bonchev–Trinajstić information content (AvgIpc) is 3.20. The Morgan fingerprint density at radius 3 is 2.67 bits per heavy atom. The van der Waals surface area contributed by atoms with Gasteiger partial charge in [0.15, 0.2) is 5.96 Å². The van der Waals surface area contributed by atoms with Crippen LogP contribution in [0, 0.1) is 6.92 Å². The second-order valence-electron chi connectivity index (χ2n) is 6.78. The van der Waals surface area contributed by atoms with Crippen molar-refractivity contribution in [2.75, 3.05) is 20.7 Å². The zero-order chi connectivity index (χ0) is 21.3. The monoisotopic (exact) mass is 408 g/mol. The van der Waals surface area contributed by atoms with E-state index in [0.29, 0.717) is 19.0 Å². The third-order valence-electron chi connectivity index (χ3n) is 4.50. The largest absolute Gasteiger partial charge is 0.497 e. The van der Waals surface area contributed by atoms with Gasteiger partial charge in [-0.3, -0.25) is 9.56 Å². The molecule has 0 saturated heterocycles. The van der Waals surface area contributed by atoms with Gasteiger partial charge in [0.05, 0.1) is 13.7 Å². The first-order valence-corrected chi connectivity index (χ1v) is 9.79. The summed E-state index contributed by atoms with van der Waals surface area (Å²) in [6.07, 6.45) is 5.47. The Balaban J connectivity index is 1.47. The number of nitrogens with one attached hydrogen (secondary N) is 2. The standard InChI is InChI=1S/C22H28N6O2/c1-16(30-20-7-5-6-19(12-20)29-4)13-26-22(23-3)27-15-18-8-9-21(25-14-18)28-11-10-24-17(28)2/h5-12,14,16H,13,15H2,1-4H3,(H2,23,26,27). The Morgan fingerprint density at radius 1 is 1.17 bits per heavy atom. The van der Waals surface area contributed by atoms with E-state index in [-0.39, 0.29) is 6.10 Å². The average molecular weight is 409 g/mol. The highest BCUT2D eigenvalue weighted by atomic mass is 16.5. The second kappa shape index (κ2) is 10.3. The lowest BCUT2D eigenvalue weighted by Gasteiger charge is -2.18. The molecule has 0 radical (unpaired) electrons. The van der Waals surface area contributed by atoms with Crippen molar-refractivity contribution in [3.63, 3.8) is 0 Å². The molecular weight excluding hydrogens is 380 g/mol. The van der Waals surface area contributed by atoms with Crippen LogP contribution in [0.1, 0.15) is 18.3 Å². The summed E-state index contributed by atoms with van der Waals surface area (Å²) in [5.74, 6) is 3.99. The van der Waals surface area contributed by atoms with E-state index < -0.39 is 0 Å². The molecule has 8 nitrogen and oxygen atoms in total. The molecule has 30 heavy (non-hydrogen) atoms. The zero-order valence-electron chi connectivity index (χ0n) is 17.8. The van der Waals surface area contributed by atoms with Crippen LogP contribution in [0.3, 0.4) is 0 Å². The molecule has 2 N–H and O–H groups in total. The van der Waals surface area contributed by atoms with Crippen molar-refractivity contribution >= 4 is 5.96 Å². The third-order valence-corrected chi connectivity index (χ3v) is 4.50. The molecular formula is C22H28N6O2. The van der Waals surface area contributed by atoms with Crippen molar-refractivity contribution in [2.24, 2.45) is 4.99 Å². The molecule has 1 unspecified atom stereocenters. The number of methoxy groups -OCH3 is 1. The van der Waals surface area contributed by atoms with Gasteiger partial charge in [-0.05, 0) is 37.6 Å². The van der Waals surface area contributed by atoms with E-state index in [1.54, 1.807) is 20.4 Å². The maximum Gasteiger partial charge on any atom is 0.191 e. The van der Waals surface area contributed by atoms with Crippen LogP contribution >= 0.6 is 0 Å². The van der Waals surface area contributed by atoms with E-state index >= 15 is 0 Å². The van der Waals surface area contributed by atoms with E-state index in [1.807, 2.05) is 67.2 Å². The van der Waals surface area contributed by atoms with E-state index in [2.05, 4.69) is 25.6 Å². The van der Waals surface area contributed by atoms with Crippen LogP contribution in [0.25, 0.3) is 5.82 Å². The number of guanidine groups is 1. The van der Waals surface area contributed by atoms with E-state index in [9.17, 15) is 0 Å². The number of ether oxygens (including phenoxy) is 2. The topological polar surface area (TPSA) is 85.6 Å². The number of benzene rings is 1. The molecule has 0 fully saturated rings. The van der Waals surface area contributed by atoms with Crippen LogP contribution < -0.4 is 20.1 Å². The zero-order valence-corrected chi connectivity index (χ0v) is 17.8. The Morgan fingerprint density at radius 2 is 2.00 bits per heavy atom. The predicted molar refractivity (Wildman–Crippen MR) is 117 cm³/mol. The van der Waals surface area contributed by atoms with E-state index in [1.165, 1.54) is 0 Å². The molecule has 0 bridgehead atoms. The minimum absolute atomic E-state index is 0.0463. The molecule has 0 aliphatic rings. The molecule has 2 heterocycles. The number of pyridine rings is 1. The number of aromatic nitrogens is 3. The number of hydrogen-bond donors (Lipinski definition) is 2. The fourth-order valence-electron chi connectivity index (χ4n) is 2.88. The molecule has 3 aromatic rings. The molecule has 3 rings (SSSR count). The van der Waals surface area contributed by atoms with Gasteiger partial charge in [0.2, 0.25) is 0 Å². The summed E-state index contributed by atoms with van der Waals surface area (Å²) >= 11 is 0. The maximum atomic E-state index is 5.93. The number of rotatable bonds is 8. The number of hydrogen-bond acceptors (Lipinski definition) is 5. The number of aryl methyl sites for hydroxylation is 1. The minimum Gasteiger partial charge on any atom is -0.497 e. The molecule has 0 amide bonds. The van der Waals surface area contributed by atoms with Gasteiger partial charge < -0.3 is 20.1 Å². The quantitative estimate of drug-likeness (QED) is 0.440. The molecule has 0 spiro atoms. The van der Waals surface area contributed by atoms with Gasteiger partial charge in [0.25, 0.3) is 0 Å². The Labute approximate surface area is 177 Å². The highest BCUT2D eigenvalue weighted by Gasteiger charge is 2.07. The van der Waals surface area contributed by atoms with Crippen LogP contribution in [0.2, 0.25) is 0 Å². The van der Waals surface area contributed by atoms with Crippen LogP contribution in [-0.4, -0.2) is 47.3 Å². The molecule has 1 aromatic carbocycles. The second-order valence-corrected chi connectivity index (χ2v) is 6.78. The first-order valence-electron chi connectivity index (χ1n) is 9.79. The summed E-state index contributed by atoms with van der Waals surface area (Å²) in [5, 5.41) is 6.57. The van der Waals surface area contributed by atoms with Crippen LogP contribution in [0.15, 0.2) is 60.0 Å². The molecule has 1 atom stereocenters. The Kier molecular flexibility index (Phi) is 7.26. The molecule has 2 aromatic heterocycles. The van der Waals surface area contributed by atoms with Crippen molar-refractivity contribution in [2.45, 2.75) is 26.5 Å². The van der Waals surface area contributed by atoms with E-state index in [0.717, 1.165) is 28.7 Å². The van der Waals surface area contributed by atoms with Gasteiger partial charge in [-0.15, -0.1) is 0 Å².